The van der Waals surface area contributed by atoms with Crippen LogP contribution in [0.15, 0.2) is 17.7 Å². The number of fused-ring (bicyclic) bond motifs is 2. The summed E-state index contributed by atoms with van der Waals surface area (Å²) in [5.74, 6) is -1.86. The Labute approximate surface area is 151 Å². The molecule has 0 aromatic carbocycles. The van der Waals surface area contributed by atoms with E-state index >= 15 is 0 Å². The first-order valence-corrected chi connectivity index (χ1v) is 9.41. The van der Waals surface area contributed by atoms with E-state index < -0.39 is 17.3 Å². The molecule has 2 fully saturated rings. The zero-order valence-corrected chi connectivity index (χ0v) is 14.7. The highest BCUT2D eigenvalue weighted by molar-refractivity contribution is 6.27. The first-order valence-electron chi connectivity index (χ1n) is 9.41. The Kier molecular flexibility index (Phi) is 4.01. The van der Waals surface area contributed by atoms with Crippen molar-refractivity contribution >= 4 is 23.3 Å². The third-order valence-electron chi connectivity index (χ3n) is 6.27. The first kappa shape index (κ1) is 17.1. The number of carboxylic acids is 1. The Morgan fingerprint density at radius 2 is 1.81 bits per heavy atom. The largest absolute Gasteiger partial charge is 0.505 e. The van der Waals surface area contributed by atoms with Crippen molar-refractivity contribution in [3.05, 3.63) is 29.1 Å². The number of Topliss-reactive ketones (excluding diaryl/α,β-unsaturated/α-hetero) is 2. The van der Waals surface area contributed by atoms with E-state index in [4.69, 9.17) is 5.11 Å². The molecular weight excluding hydrogens is 334 g/mol. The minimum atomic E-state index is -1.09. The number of hydrogen-bond donors (Lipinski definition) is 2. The van der Waals surface area contributed by atoms with E-state index in [0.29, 0.717) is 24.5 Å². The van der Waals surface area contributed by atoms with Crippen molar-refractivity contribution in [3.8, 4) is 0 Å². The molecule has 26 heavy (non-hydrogen) atoms. The van der Waals surface area contributed by atoms with Gasteiger partial charge in [0.15, 0.2) is 17.3 Å². The van der Waals surface area contributed by atoms with Crippen LogP contribution in [0.1, 0.15) is 75.1 Å². The number of hydrogen-bond acceptors (Lipinski definition) is 4. The molecule has 0 bridgehead atoms. The molecule has 2 aliphatic carbocycles. The molecular formula is C20H23NO5. The van der Waals surface area contributed by atoms with E-state index in [2.05, 4.69) is 0 Å². The summed E-state index contributed by atoms with van der Waals surface area (Å²) in [6.45, 7) is 0. The fourth-order valence-electron chi connectivity index (χ4n) is 4.72. The third-order valence-corrected chi connectivity index (χ3v) is 6.27. The number of allylic oxidation sites excluding steroid dienone is 1. The quantitative estimate of drug-likeness (QED) is 0.788. The van der Waals surface area contributed by atoms with Gasteiger partial charge in [0, 0.05) is 12.1 Å². The molecule has 2 N–H and O–H groups in total. The zero-order valence-electron chi connectivity index (χ0n) is 14.7. The van der Waals surface area contributed by atoms with Crippen LogP contribution >= 0.6 is 0 Å². The van der Waals surface area contributed by atoms with Gasteiger partial charge in [-0.1, -0.05) is 19.3 Å². The van der Waals surface area contributed by atoms with Gasteiger partial charge in [0.1, 0.15) is 11.1 Å². The molecule has 1 aromatic rings. The standard InChI is InChI=1S/C20H23NO5/c22-15(8-9-16(23)24)17-18(25)14-7-6-13(12-4-3-5-12)21(14)20(19(17)26)10-1-2-11-20/h6-7,12,25H,1-5,8-11H2,(H,23,24). The van der Waals surface area contributed by atoms with Crippen molar-refractivity contribution in [2.75, 3.05) is 0 Å². The monoisotopic (exact) mass is 357 g/mol. The number of ketones is 2. The minimum Gasteiger partial charge on any atom is -0.505 e. The fourth-order valence-corrected chi connectivity index (χ4v) is 4.72. The van der Waals surface area contributed by atoms with Gasteiger partial charge in [-0.15, -0.1) is 0 Å². The van der Waals surface area contributed by atoms with Crippen molar-refractivity contribution in [2.45, 2.75) is 69.2 Å². The van der Waals surface area contributed by atoms with Crippen LogP contribution in [0.2, 0.25) is 0 Å². The van der Waals surface area contributed by atoms with E-state index in [1.807, 2.05) is 10.6 Å². The van der Waals surface area contributed by atoms with Crippen LogP contribution < -0.4 is 0 Å². The van der Waals surface area contributed by atoms with Crippen LogP contribution in [-0.4, -0.2) is 32.3 Å². The first-order chi connectivity index (χ1) is 12.5. The number of aromatic nitrogens is 1. The lowest BCUT2D eigenvalue weighted by Gasteiger charge is -2.40. The third kappa shape index (κ3) is 2.35. The molecule has 6 heteroatoms. The van der Waals surface area contributed by atoms with Crippen molar-refractivity contribution in [1.82, 2.24) is 4.57 Å². The summed E-state index contributed by atoms with van der Waals surface area (Å²) in [5, 5.41) is 19.6. The summed E-state index contributed by atoms with van der Waals surface area (Å²) < 4.78 is 2.01. The van der Waals surface area contributed by atoms with Crippen molar-refractivity contribution in [1.29, 1.82) is 0 Å². The fraction of sp³-hybridized carbons (Fsp3) is 0.550. The molecule has 0 atom stereocenters. The lowest BCUT2D eigenvalue weighted by atomic mass is 9.78. The molecule has 0 amide bonds. The average Bonchev–Trinajstić information content (AvgIpc) is 3.18. The van der Waals surface area contributed by atoms with Gasteiger partial charge in [0.25, 0.3) is 0 Å². The Morgan fingerprint density at radius 3 is 2.38 bits per heavy atom. The van der Waals surface area contributed by atoms with Gasteiger partial charge in [-0.25, -0.2) is 0 Å². The highest BCUT2D eigenvalue weighted by Gasteiger charge is 2.51. The molecule has 1 spiro atoms. The maximum atomic E-state index is 13.4. The molecule has 138 valence electrons. The smallest absolute Gasteiger partial charge is 0.303 e. The normalized spacial score (nSPS) is 21.8. The molecule has 4 rings (SSSR count). The summed E-state index contributed by atoms with van der Waals surface area (Å²) in [4.78, 5) is 36.7. The van der Waals surface area contributed by atoms with Crippen LogP contribution in [0.4, 0.5) is 0 Å². The number of carboxylic acid groups (broad SMARTS) is 1. The molecule has 0 saturated heterocycles. The number of nitrogens with zero attached hydrogens (tertiary/aromatic N) is 1. The highest BCUT2D eigenvalue weighted by Crippen LogP contribution is 2.49. The molecule has 2 heterocycles. The lowest BCUT2D eigenvalue weighted by Crippen LogP contribution is -2.47. The molecule has 2 saturated carbocycles. The van der Waals surface area contributed by atoms with Gasteiger partial charge < -0.3 is 14.8 Å². The average molecular weight is 357 g/mol. The number of rotatable bonds is 5. The summed E-state index contributed by atoms with van der Waals surface area (Å²) >= 11 is 0. The topological polar surface area (TPSA) is 96.6 Å². The van der Waals surface area contributed by atoms with Gasteiger partial charge in [0.05, 0.1) is 12.1 Å². The highest BCUT2D eigenvalue weighted by atomic mass is 16.4. The molecule has 1 aliphatic heterocycles. The summed E-state index contributed by atoms with van der Waals surface area (Å²) in [5.41, 5.74) is 0.639. The van der Waals surface area contributed by atoms with E-state index in [1.165, 1.54) is 6.42 Å². The van der Waals surface area contributed by atoms with Gasteiger partial charge in [-0.3, -0.25) is 14.4 Å². The van der Waals surface area contributed by atoms with E-state index in [1.54, 1.807) is 6.07 Å². The lowest BCUT2D eigenvalue weighted by molar-refractivity contribution is -0.138. The van der Waals surface area contributed by atoms with E-state index in [-0.39, 0.29) is 30.0 Å². The Bertz CT molecular complexity index is 821. The van der Waals surface area contributed by atoms with Gasteiger partial charge in [-0.2, -0.15) is 0 Å². The molecule has 6 nitrogen and oxygen atoms in total. The number of carbonyl (C=O) groups is 3. The van der Waals surface area contributed by atoms with Gasteiger partial charge >= 0.3 is 5.97 Å². The second-order valence-electron chi connectivity index (χ2n) is 7.72. The van der Waals surface area contributed by atoms with E-state index in [0.717, 1.165) is 31.4 Å². The predicted molar refractivity (Wildman–Crippen MR) is 93.9 cm³/mol. The van der Waals surface area contributed by atoms with Gasteiger partial charge in [-0.05, 0) is 43.7 Å². The Hall–Kier alpha value is -2.37. The van der Waals surface area contributed by atoms with Crippen LogP contribution in [0.3, 0.4) is 0 Å². The second kappa shape index (κ2) is 6.11. The van der Waals surface area contributed by atoms with Crippen molar-refractivity contribution < 1.29 is 24.6 Å². The van der Waals surface area contributed by atoms with Crippen LogP contribution in [0.5, 0.6) is 0 Å². The number of aliphatic hydroxyl groups excluding tert-OH is 1. The number of aliphatic carboxylic acids is 1. The molecule has 1 aromatic heterocycles. The van der Waals surface area contributed by atoms with E-state index in [9.17, 15) is 19.5 Å². The summed E-state index contributed by atoms with van der Waals surface area (Å²) in [6, 6.07) is 3.79. The molecule has 3 aliphatic rings. The Morgan fingerprint density at radius 1 is 1.12 bits per heavy atom. The van der Waals surface area contributed by atoms with Crippen LogP contribution in [0.25, 0.3) is 5.76 Å². The van der Waals surface area contributed by atoms with Gasteiger partial charge in [0.2, 0.25) is 0 Å². The molecule has 0 unspecified atom stereocenters. The van der Waals surface area contributed by atoms with Crippen LogP contribution in [0, 0.1) is 0 Å². The Balaban J connectivity index is 1.82. The summed E-state index contributed by atoms with van der Waals surface area (Å²) in [6.07, 6.45) is 5.87. The maximum absolute atomic E-state index is 13.4. The van der Waals surface area contributed by atoms with Crippen molar-refractivity contribution in [2.24, 2.45) is 0 Å². The SMILES string of the molecule is O=C(O)CCC(=O)C1=C(O)c2ccc(C3CCC3)n2C2(CCCC2)C1=O. The summed E-state index contributed by atoms with van der Waals surface area (Å²) in [7, 11) is 0. The maximum Gasteiger partial charge on any atom is 0.303 e. The number of carbonyl (C=O) groups excluding carboxylic acids is 2. The number of aliphatic hydroxyl groups is 1. The second-order valence-corrected chi connectivity index (χ2v) is 7.72. The predicted octanol–water partition coefficient (Wildman–Crippen LogP) is 3.31. The van der Waals surface area contributed by atoms with Crippen LogP contribution in [-0.2, 0) is 19.9 Å². The van der Waals surface area contributed by atoms with Crippen molar-refractivity contribution in [3.63, 3.8) is 0 Å². The minimum absolute atomic E-state index is 0.195. The zero-order chi connectivity index (χ0) is 18.5. The molecule has 0 radical (unpaired) electrons.